The van der Waals surface area contributed by atoms with Crippen LogP contribution in [0.25, 0.3) is 12.2 Å². The number of hydrogen-bond acceptors (Lipinski definition) is 3. The van der Waals surface area contributed by atoms with Crippen LogP contribution in [-0.4, -0.2) is 32.6 Å². The Bertz CT molecular complexity index is 1260. The zero-order chi connectivity index (χ0) is 23.4. The highest BCUT2D eigenvalue weighted by molar-refractivity contribution is 7.91. The topological polar surface area (TPSA) is 37.4 Å². The Morgan fingerprint density at radius 2 is 1.73 bits per heavy atom. The molecular formula is C26H24F3NO2S. The van der Waals surface area contributed by atoms with Gasteiger partial charge in [0.1, 0.15) is 17.8 Å². The number of nitrogens with zero attached hydrogens (tertiary/aromatic N) is 1. The number of halogens is 3. The van der Waals surface area contributed by atoms with Crippen molar-refractivity contribution >= 4 is 22.0 Å². The lowest BCUT2D eigenvalue weighted by Crippen LogP contribution is -2.36. The fourth-order valence-electron chi connectivity index (χ4n) is 3.99. The number of piperidine rings is 1. The van der Waals surface area contributed by atoms with E-state index < -0.39 is 27.6 Å². The third-order valence-electron chi connectivity index (χ3n) is 5.71. The summed E-state index contributed by atoms with van der Waals surface area (Å²) in [5, 5.41) is 0. The molecule has 4 rings (SSSR count). The number of alkyl halides is 1. The molecule has 172 valence electrons. The molecule has 1 atom stereocenters. The maximum absolute atomic E-state index is 13.8. The monoisotopic (exact) mass is 471 g/mol. The van der Waals surface area contributed by atoms with Gasteiger partial charge in [0, 0.05) is 24.7 Å². The second-order valence-corrected chi connectivity index (χ2v) is 10.1. The average molecular weight is 472 g/mol. The first-order chi connectivity index (χ1) is 15.8. The second-order valence-electron chi connectivity index (χ2n) is 8.15. The largest absolute Gasteiger partial charge is 0.296 e. The molecule has 7 heteroatoms. The van der Waals surface area contributed by atoms with Gasteiger partial charge in [-0.25, -0.2) is 21.6 Å². The smallest absolute Gasteiger partial charge is 0.206 e. The fourth-order valence-corrected chi connectivity index (χ4v) is 5.47. The molecule has 1 aliphatic heterocycles. The summed E-state index contributed by atoms with van der Waals surface area (Å²) in [6.07, 6.45) is 3.55. The van der Waals surface area contributed by atoms with Crippen LogP contribution in [0.3, 0.4) is 0 Å². The van der Waals surface area contributed by atoms with Crippen LogP contribution in [-0.2, 0) is 16.4 Å². The van der Waals surface area contributed by atoms with E-state index in [9.17, 15) is 21.6 Å². The normalized spacial score (nSPS) is 17.5. The van der Waals surface area contributed by atoms with E-state index in [1.54, 1.807) is 42.5 Å². The summed E-state index contributed by atoms with van der Waals surface area (Å²) >= 11 is 0. The Kier molecular flexibility index (Phi) is 7.00. The molecule has 0 aromatic heterocycles. The molecule has 33 heavy (non-hydrogen) atoms. The zero-order valence-electron chi connectivity index (χ0n) is 17.9. The quantitative estimate of drug-likeness (QED) is 0.420. The highest BCUT2D eigenvalue weighted by Gasteiger charge is 2.24. The predicted molar refractivity (Wildman–Crippen MR) is 123 cm³/mol. The summed E-state index contributed by atoms with van der Waals surface area (Å²) in [7, 11) is -3.78. The third-order valence-corrected chi connectivity index (χ3v) is 7.58. The first-order valence-electron chi connectivity index (χ1n) is 10.8. The standard InChI is InChI=1S/C26H24F3NO2S/c27-22-12-11-20(25(29)16-22)10-7-19-8-13-24(14-9-19)33(31,32)26-6-2-1-4-21(26)17-30-15-3-5-23(28)18-30/h1-2,4,6-14,16,23H,3,5,15,17-18H2/b10-7+. The van der Waals surface area contributed by atoms with Crippen molar-refractivity contribution in [2.45, 2.75) is 35.3 Å². The minimum atomic E-state index is -3.78. The van der Waals surface area contributed by atoms with Crippen molar-refractivity contribution in [1.29, 1.82) is 0 Å². The minimum absolute atomic E-state index is 0.141. The lowest BCUT2D eigenvalue weighted by molar-refractivity contribution is 0.132. The second kappa shape index (κ2) is 9.93. The van der Waals surface area contributed by atoms with E-state index in [4.69, 9.17) is 0 Å². The Morgan fingerprint density at radius 1 is 0.970 bits per heavy atom. The highest BCUT2D eigenvalue weighted by atomic mass is 32.2. The predicted octanol–water partition coefficient (Wildman–Crippen LogP) is 5.90. The summed E-state index contributed by atoms with van der Waals surface area (Å²) in [6, 6.07) is 16.4. The third kappa shape index (κ3) is 5.54. The van der Waals surface area contributed by atoms with Crippen LogP contribution < -0.4 is 0 Å². The van der Waals surface area contributed by atoms with E-state index in [1.807, 2.05) is 4.90 Å². The molecule has 0 radical (unpaired) electrons. The first-order valence-corrected chi connectivity index (χ1v) is 12.2. The van der Waals surface area contributed by atoms with E-state index in [2.05, 4.69) is 0 Å². The number of sulfone groups is 1. The van der Waals surface area contributed by atoms with Crippen molar-refractivity contribution in [3.8, 4) is 0 Å². The molecule has 0 N–H and O–H groups in total. The lowest BCUT2D eigenvalue weighted by atomic mass is 10.1. The van der Waals surface area contributed by atoms with Gasteiger partial charge in [-0.1, -0.05) is 42.5 Å². The van der Waals surface area contributed by atoms with Crippen molar-refractivity contribution in [3.63, 3.8) is 0 Å². The van der Waals surface area contributed by atoms with Crippen LogP contribution in [0.4, 0.5) is 13.2 Å². The van der Waals surface area contributed by atoms with Crippen LogP contribution in [0.15, 0.2) is 76.5 Å². The van der Waals surface area contributed by atoms with Gasteiger partial charge in [0.25, 0.3) is 0 Å². The van der Waals surface area contributed by atoms with E-state index in [-0.39, 0.29) is 15.4 Å². The molecule has 0 aliphatic carbocycles. The van der Waals surface area contributed by atoms with E-state index in [0.29, 0.717) is 30.6 Å². The van der Waals surface area contributed by atoms with Gasteiger partial charge in [0.2, 0.25) is 9.84 Å². The molecule has 0 spiro atoms. The number of benzene rings is 3. The molecule has 3 nitrogen and oxygen atoms in total. The van der Waals surface area contributed by atoms with Crippen LogP contribution >= 0.6 is 0 Å². The van der Waals surface area contributed by atoms with Crippen molar-refractivity contribution in [2.24, 2.45) is 0 Å². The Hall–Kier alpha value is -2.90. The van der Waals surface area contributed by atoms with Gasteiger partial charge in [-0.15, -0.1) is 0 Å². The number of rotatable bonds is 6. The fraction of sp³-hybridized carbons (Fsp3) is 0.231. The molecule has 0 amide bonds. The summed E-state index contributed by atoms with van der Waals surface area (Å²) in [5.41, 5.74) is 1.55. The van der Waals surface area contributed by atoms with Crippen molar-refractivity contribution in [1.82, 2.24) is 4.90 Å². The maximum atomic E-state index is 13.8. The zero-order valence-corrected chi connectivity index (χ0v) is 18.7. The van der Waals surface area contributed by atoms with Crippen LogP contribution in [0.1, 0.15) is 29.5 Å². The minimum Gasteiger partial charge on any atom is -0.296 e. The van der Waals surface area contributed by atoms with Crippen LogP contribution in [0.2, 0.25) is 0 Å². The molecule has 3 aromatic carbocycles. The molecular weight excluding hydrogens is 447 g/mol. The van der Waals surface area contributed by atoms with Gasteiger partial charge >= 0.3 is 0 Å². The van der Waals surface area contributed by atoms with Gasteiger partial charge in [-0.05, 0) is 60.8 Å². The van der Waals surface area contributed by atoms with E-state index in [1.165, 1.54) is 30.3 Å². The van der Waals surface area contributed by atoms with Gasteiger partial charge in [0.05, 0.1) is 9.79 Å². The Balaban J connectivity index is 1.55. The lowest BCUT2D eigenvalue weighted by Gasteiger charge is -2.29. The van der Waals surface area contributed by atoms with Crippen LogP contribution in [0, 0.1) is 11.6 Å². The molecule has 1 unspecified atom stereocenters. The maximum Gasteiger partial charge on any atom is 0.206 e. The Labute approximate surface area is 192 Å². The molecule has 1 fully saturated rings. The van der Waals surface area contributed by atoms with Gasteiger partial charge < -0.3 is 0 Å². The first kappa shape index (κ1) is 23.3. The van der Waals surface area contributed by atoms with Gasteiger partial charge in [0.15, 0.2) is 0 Å². The molecule has 0 saturated carbocycles. The molecule has 1 heterocycles. The van der Waals surface area contributed by atoms with E-state index >= 15 is 0 Å². The molecule has 0 bridgehead atoms. The molecule has 1 aliphatic rings. The number of hydrogen-bond donors (Lipinski definition) is 0. The Morgan fingerprint density at radius 3 is 2.45 bits per heavy atom. The van der Waals surface area contributed by atoms with Crippen molar-refractivity contribution in [3.05, 3.63) is 95.1 Å². The molecule has 3 aromatic rings. The van der Waals surface area contributed by atoms with Crippen LogP contribution in [0.5, 0.6) is 0 Å². The number of likely N-dealkylation sites (tertiary alicyclic amines) is 1. The van der Waals surface area contributed by atoms with Gasteiger partial charge in [-0.3, -0.25) is 4.90 Å². The summed E-state index contributed by atoms with van der Waals surface area (Å²) in [6.45, 7) is 1.43. The van der Waals surface area contributed by atoms with E-state index in [0.717, 1.165) is 19.0 Å². The average Bonchev–Trinajstić information content (AvgIpc) is 2.79. The SMILES string of the molecule is O=S(=O)(c1ccc(/C=C/c2ccc(F)cc2F)cc1)c1ccccc1CN1CCCC(F)C1. The summed E-state index contributed by atoms with van der Waals surface area (Å²) in [4.78, 5) is 2.30. The van der Waals surface area contributed by atoms with Crippen molar-refractivity contribution in [2.75, 3.05) is 13.1 Å². The molecule has 1 saturated heterocycles. The summed E-state index contributed by atoms with van der Waals surface area (Å²) in [5.74, 6) is -1.32. The highest BCUT2D eigenvalue weighted by Crippen LogP contribution is 2.27. The van der Waals surface area contributed by atoms with Crippen molar-refractivity contribution < 1.29 is 21.6 Å². The van der Waals surface area contributed by atoms with Gasteiger partial charge in [-0.2, -0.15) is 0 Å². The summed E-state index contributed by atoms with van der Waals surface area (Å²) < 4.78 is 67.3.